The zero-order valence-corrected chi connectivity index (χ0v) is 17.4. The molecule has 5 rings (SSSR count). The highest BCUT2D eigenvalue weighted by Gasteiger charge is 2.36. The molecule has 2 atom stereocenters. The number of fused-ring (bicyclic) bond motifs is 2. The van der Waals surface area contributed by atoms with Gasteiger partial charge in [0.1, 0.15) is 12.2 Å². The van der Waals surface area contributed by atoms with Crippen LogP contribution in [0.15, 0.2) is 41.3 Å². The Hall–Kier alpha value is -3.26. The summed E-state index contributed by atoms with van der Waals surface area (Å²) in [6.07, 6.45) is 5.49. The van der Waals surface area contributed by atoms with E-state index in [-0.39, 0.29) is 5.56 Å². The van der Waals surface area contributed by atoms with Gasteiger partial charge in [0, 0.05) is 30.2 Å². The summed E-state index contributed by atoms with van der Waals surface area (Å²) in [5.74, 6) is 0.727. The van der Waals surface area contributed by atoms with E-state index in [1.165, 1.54) is 23.8 Å². The van der Waals surface area contributed by atoms with Crippen LogP contribution in [-0.2, 0) is 11.3 Å². The summed E-state index contributed by atoms with van der Waals surface area (Å²) in [6.45, 7) is 3.38. The fourth-order valence-electron chi connectivity index (χ4n) is 5.03. The molecule has 1 aliphatic carbocycles. The molecule has 2 aliphatic rings. The third-order valence-corrected chi connectivity index (χ3v) is 6.54. The Morgan fingerprint density at radius 1 is 1.19 bits per heavy atom. The van der Waals surface area contributed by atoms with Crippen molar-refractivity contribution in [3.05, 3.63) is 52.4 Å². The maximum Gasteiger partial charge on any atom is 0.323 e. The van der Waals surface area contributed by atoms with Gasteiger partial charge in [-0.1, -0.05) is 30.7 Å². The molecule has 31 heavy (non-hydrogen) atoms. The summed E-state index contributed by atoms with van der Waals surface area (Å²) in [5.41, 5.74) is 5.38. The number of hydrazine groups is 1. The lowest BCUT2D eigenvalue weighted by Gasteiger charge is -2.19. The van der Waals surface area contributed by atoms with Crippen LogP contribution in [0.3, 0.4) is 0 Å². The molecule has 1 saturated heterocycles. The summed E-state index contributed by atoms with van der Waals surface area (Å²) >= 11 is 0. The summed E-state index contributed by atoms with van der Waals surface area (Å²) in [6, 6.07) is 9.31. The number of hydrogen-bond acceptors (Lipinski definition) is 6. The van der Waals surface area contributed by atoms with E-state index in [0.717, 1.165) is 36.1 Å². The molecule has 1 saturated carbocycles. The number of carbonyl (C=O) groups is 1. The van der Waals surface area contributed by atoms with E-state index >= 15 is 0 Å². The average Bonchev–Trinajstić information content (AvgIpc) is 3.32. The van der Waals surface area contributed by atoms with Crippen molar-refractivity contribution in [2.24, 2.45) is 11.8 Å². The lowest BCUT2D eigenvalue weighted by atomic mass is 10.0. The molecular formula is C23H25N5O3. The zero-order chi connectivity index (χ0) is 21.5. The topological polar surface area (TPSA) is 100 Å². The molecule has 2 N–H and O–H groups in total. The number of aliphatic carboxylic acids is 1. The van der Waals surface area contributed by atoms with Gasteiger partial charge in [0.05, 0.1) is 0 Å². The van der Waals surface area contributed by atoms with E-state index in [1.54, 1.807) is 12.3 Å². The standard InChI is InChI=1S/C23H25N5O3/c1-14-5-2-3-8-18(14)19-9-17-10-24-23(25-21(17)28(22(19)31)13-20(29)30)26-27-11-15-6-4-7-16(15)12-27/h2-3,5,8-10,15-16H,4,6-7,11-13H2,1H3,(H,29,30)(H,24,25,26). The molecule has 8 heteroatoms. The normalized spacial score (nSPS) is 20.8. The Morgan fingerprint density at radius 2 is 1.94 bits per heavy atom. The summed E-state index contributed by atoms with van der Waals surface area (Å²) in [7, 11) is 0. The minimum absolute atomic E-state index is 0.321. The SMILES string of the molecule is Cc1ccccc1-c1cc2cnc(NN3CC4CCCC4C3)nc2n(CC(=O)O)c1=O. The lowest BCUT2D eigenvalue weighted by molar-refractivity contribution is -0.137. The van der Waals surface area contributed by atoms with Crippen LogP contribution < -0.4 is 11.0 Å². The number of anilines is 1. The second-order valence-corrected chi connectivity index (χ2v) is 8.60. The first-order chi connectivity index (χ1) is 15.0. The van der Waals surface area contributed by atoms with E-state index in [4.69, 9.17) is 0 Å². The number of carboxylic acids is 1. The van der Waals surface area contributed by atoms with Crippen LogP contribution in [-0.4, -0.2) is 43.7 Å². The number of nitrogens with one attached hydrogen (secondary N) is 1. The van der Waals surface area contributed by atoms with Crippen LogP contribution in [0, 0.1) is 18.8 Å². The van der Waals surface area contributed by atoms with Gasteiger partial charge in [-0.3, -0.25) is 19.6 Å². The summed E-state index contributed by atoms with van der Waals surface area (Å²) < 4.78 is 1.23. The average molecular weight is 419 g/mol. The van der Waals surface area contributed by atoms with Crippen molar-refractivity contribution in [3.8, 4) is 11.1 Å². The molecule has 8 nitrogen and oxygen atoms in total. The highest BCUT2D eigenvalue weighted by Crippen LogP contribution is 2.37. The third kappa shape index (κ3) is 3.67. The largest absolute Gasteiger partial charge is 0.480 e. The molecule has 2 fully saturated rings. The van der Waals surface area contributed by atoms with Crippen LogP contribution in [0.1, 0.15) is 24.8 Å². The van der Waals surface area contributed by atoms with E-state index in [9.17, 15) is 14.7 Å². The molecule has 1 aliphatic heterocycles. The minimum Gasteiger partial charge on any atom is -0.480 e. The highest BCUT2D eigenvalue weighted by molar-refractivity contribution is 5.83. The van der Waals surface area contributed by atoms with E-state index < -0.39 is 12.5 Å². The fraction of sp³-hybridized carbons (Fsp3) is 0.391. The van der Waals surface area contributed by atoms with Crippen LogP contribution in [0.5, 0.6) is 0 Å². The Bertz CT molecular complexity index is 1210. The zero-order valence-electron chi connectivity index (χ0n) is 17.4. The fourth-order valence-corrected chi connectivity index (χ4v) is 5.03. The van der Waals surface area contributed by atoms with Crippen molar-refractivity contribution in [3.63, 3.8) is 0 Å². The van der Waals surface area contributed by atoms with Gasteiger partial charge in [-0.05, 0) is 48.8 Å². The van der Waals surface area contributed by atoms with Crippen molar-refractivity contribution < 1.29 is 9.90 Å². The molecule has 1 aromatic carbocycles. The maximum atomic E-state index is 13.3. The summed E-state index contributed by atoms with van der Waals surface area (Å²) in [4.78, 5) is 33.8. The number of aromatic nitrogens is 3. The van der Waals surface area contributed by atoms with Crippen LogP contribution >= 0.6 is 0 Å². The minimum atomic E-state index is -1.09. The van der Waals surface area contributed by atoms with Crippen molar-refractivity contribution in [2.75, 3.05) is 18.5 Å². The van der Waals surface area contributed by atoms with Gasteiger partial charge in [0.25, 0.3) is 5.56 Å². The van der Waals surface area contributed by atoms with Crippen molar-refractivity contribution in [1.82, 2.24) is 19.5 Å². The van der Waals surface area contributed by atoms with E-state index in [1.807, 2.05) is 31.2 Å². The number of nitrogens with zero attached hydrogens (tertiary/aromatic N) is 4. The van der Waals surface area contributed by atoms with Crippen LogP contribution in [0.25, 0.3) is 22.2 Å². The third-order valence-electron chi connectivity index (χ3n) is 6.54. The van der Waals surface area contributed by atoms with Gasteiger partial charge < -0.3 is 5.11 Å². The highest BCUT2D eigenvalue weighted by atomic mass is 16.4. The Labute approximate surface area is 179 Å². The molecule has 160 valence electrons. The monoisotopic (exact) mass is 419 g/mol. The second-order valence-electron chi connectivity index (χ2n) is 8.60. The number of rotatable bonds is 5. The quantitative estimate of drug-likeness (QED) is 0.656. The van der Waals surface area contributed by atoms with Crippen molar-refractivity contribution in [1.29, 1.82) is 0 Å². The number of pyridine rings is 1. The van der Waals surface area contributed by atoms with Gasteiger partial charge in [-0.15, -0.1) is 0 Å². The van der Waals surface area contributed by atoms with Gasteiger partial charge >= 0.3 is 5.97 Å². The number of aryl methyl sites for hydroxylation is 1. The van der Waals surface area contributed by atoms with Crippen LogP contribution in [0.4, 0.5) is 5.95 Å². The van der Waals surface area contributed by atoms with E-state index in [0.29, 0.717) is 22.5 Å². The van der Waals surface area contributed by atoms with Gasteiger partial charge in [-0.25, -0.2) is 9.99 Å². The molecule has 0 radical (unpaired) electrons. The Kier molecular flexibility index (Phi) is 4.94. The van der Waals surface area contributed by atoms with Crippen molar-refractivity contribution in [2.45, 2.75) is 32.7 Å². The smallest absolute Gasteiger partial charge is 0.323 e. The van der Waals surface area contributed by atoms with E-state index in [2.05, 4.69) is 20.4 Å². The molecule has 0 amide bonds. The van der Waals surface area contributed by atoms with Crippen LogP contribution in [0.2, 0.25) is 0 Å². The maximum absolute atomic E-state index is 13.3. The number of benzene rings is 1. The first-order valence-electron chi connectivity index (χ1n) is 10.7. The van der Waals surface area contributed by atoms with Gasteiger partial charge in [0.15, 0.2) is 0 Å². The molecule has 0 bridgehead atoms. The Balaban J connectivity index is 1.56. The first kappa shape index (κ1) is 19.7. The molecular weight excluding hydrogens is 394 g/mol. The van der Waals surface area contributed by atoms with Gasteiger partial charge in [0.2, 0.25) is 5.95 Å². The first-order valence-corrected chi connectivity index (χ1v) is 10.7. The molecule has 2 aromatic heterocycles. The number of carboxylic acid groups (broad SMARTS) is 1. The Morgan fingerprint density at radius 3 is 2.65 bits per heavy atom. The number of hydrogen-bond donors (Lipinski definition) is 2. The van der Waals surface area contributed by atoms with Crippen molar-refractivity contribution >= 4 is 23.0 Å². The predicted molar refractivity (Wildman–Crippen MR) is 118 cm³/mol. The molecule has 2 unspecified atom stereocenters. The van der Waals surface area contributed by atoms with Gasteiger partial charge in [-0.2, -0.15) is 4.98 Å². The molecule has 3 aromatic rings. The predicted octanol–water partition coefficient (Wildman–Crippen LogP) is 2.91. The molecule has 0 spiro atoms. The second kappa shape index (κ2) is 7.77. The summed E-state index contributed by atoms with van der Waals surface area (Å²) in [5, 5.41) is 12.2. The molecule has 3 heterocycles. The lowest BCUT2D eigenvalue weighted by Crippen LogP contribution is -2.30.